The number of hydrogen-bond acceptors (Lipinski definition) is 3. The highest BCUT2D eigenvalue weighted by atomic mass is 16.3. The van der Waals surface area contributed by atoms with Crippen LogP contribution in [-0.2, 0) is 4.79 Å². The van der Waals surface area contributed by atoms with Crippen LogP contribution in [0.3, 0.4) is 0 Å². The zero-order valence-corrected chi connectivity index (χ0v) is 40.5. The molecule has 0 heterocycles. The first kappa shape index (κ1) is 58.4. The molecular weight excluding hydrogens is 735 g/mol. The van der Waals surface area contributed by atoms with E-state index in [1.54, 1.807) is 6.08 Å². The lowest BCUT2D eigenvalue weighted by atomic mass is 10.0. The van der Waals surface area contributed by atoms with Gasteiger partial charge in [0.15, 0.2) is 0 Å². The Morgan fingerprint density at radius 2 is 0.700 bits per heavy atom. The number of carbonyl (C=O) groups is 1. The number of allylic oxidation sites excluding steroid dienone is 7. The largest absolute Gasteiger partial charge is 0.394 e. The van der Waals surface area contributed by atoms with Gasteiger partial charge < -0.3 is 15.5 Å². The smallest absolute Gasteiger partial charge is 0.220 e. The Bertz CT molecular complexity index is 954. The van der Waals surface area contributed by atoms with Crippen LogP contribution in [0, 0.1) is 0 Å². The first-order valence-corrected chi connectivity index (χ1v) is 26.9. The van der Waals surface area contributed by atoms with Crippen LogP contribution in [0.15, 0.2) is 48.6 Å². The zero-order chi connectivity index (χ0) is 43.5. The maximum atomic E-state index is 12.5. The van der Waals surface area contributed by atoms with E-state index in [1.807, 2.05) is 6.08 Å². The molecule has 0 radical (unpaired) electrons. The van der Waals surface area contributed by atoms with Crippen LogP contribution in [0.4, 0.5) is 0 Å². The molecule has 2 unspecified atom stereocenters. The summed E-state index contributed by atoms with van der Waals surface area (Å²) in [6.45, 7) is 4.32. The number of unbranched alkanes of at least 4 members (excludes halogenated alkanes) is 36. The lowest BCUT2D eigenvalue weighted by Gasteiger charge is -2.19. The molecule has 0 saturated heterocycles. The average Bonchev–Trinajstić information content (AvgIpc) is 3.25. The standard InChI is InChI=1S/C56H105NO3/c1-3-5-7-9-11-13-15-17-19-21-23-25-26-27-28-29-30-32-34-36-38-40-42-44-46-48-50-52-56(60)57-54(53-58)55(59)51-49-47-45-43-41-39-37-35-33-31-24-22-20-18-16-14-12-10-8-6-4-2/h23,25,27-28,41,43,49,51,54-55,58-59H,3-22,24,26,29-40,42,44-48,50,52-53H2,1-2H3,(H,57,60)/b25-23-,28-27-,43-41+,51-49+. The van der Waals surface area contributed by atoms with Crippen LogP contribution < -0.4 is 5.32 Å². The van der Waals surface area contributed by atoms with Crippen LogP contribution in [0.25, 0.3) is 0 Å². The summed E-state index contributed by atoms with van der Waals surface area (Å²) < 4.78 is 0. The Morgan fingerprint density at radius 1 is 0.400 bits per heavy atom. The monoisotopic (exact) mass is 840 g/mol. The normalized spacial score (nSPS) is 13.2. The minimum atomic E-state index is -0.864. The lowest BCUT2D eigenvalue weighted by Crippen LogP contribution is -2.45. The molecule has 352 valence electrons. The van der Waals surface area contributed by atoms with Crippen molar-refractivity contribution in [2.75, 3.05) is 6.61 Å². The first-order chi connectivity index (χ1) is 29.7. The number of hydrogen-bond donors (Lipinski definition) is 3. The predicted octanol–water partition coefficient (Wildman–Crippen LogP) is 17.5. The first-order valence-electron chi connectivity index (χ1n) is 26.9. The van der Waals surface area contributed by atoms with E-state index in [1.165, 1.54) is 225 Å². The van der Waals surface area contributed by atoms with Gasteiger partial charge in [0.25, 0.3) is 0 Å². The fourth-order valence-corrected chi connectivity index (χ4v) is 8.17. The van der Waals surface area contributed by atoms with Crippen molar-refractivity contribution >= 4 is 5.91 Å². The molecule has 2 atom stereocenters. The third-order valence-electron chi connectivity index (χ3n) is 12.3. The van der Waals surface area contributed by atoms with E-state index in [4.69, 9.17) is 0 Å². The van der Waals surface area contributed by atoms with Crippen molar-refractivity contribution in [3.8, 4) is 0 Å². The van der Waals surface area contributed by atoms with E-state index in [2.05, 4.69) is 55.6 Å². The minimum absolute atomic E-state index is 0.0739. The van der Waals surface area contributed by atoms with Gasteiger partial charge in [0.05, 0.1) is 18.8 Å². The Morgan fingerprint density at radius 3 is 1.07 bits per heavy atom. The second kappa shape index (κ2) is 51.7. The van der Waals surface area contributed by atoms with E-state index >= 15 is 0 Å². The highest BCUT2D eigenvalue weighted by Gasteiger charge is 2.17. The van der Waals surface area contributed by atoms with Crippen molar-refractivity contribution in [3.05, 3.63) is 48.6 Å². The second-order valence-electron chi connectivity index (χ2n) is 18.3. The number of rotatable bonds is 49. The summed E-state index contributed by atoms with van der Waals surface area (Å²) in [4.78, 5) is 12.5. The molecule has 0 bridgehead atoms. The summed E-state index contributed by atoms with van der Waals surface area (Å²) in [6.07, 6.45) is 71.2. The Balaban J connectivity index is 3.55. The molecule has 0 fully saturated rings. The van der Waals surface area contributed by atoms with Crippen LogP contribution in [0.2, 0.25) is 0 Å². The molecule has 0 spiro atoms. The zero-order valence-electron chi connectivity index (χ0n) is 40.5. The summed E-state index contributed by atoms with van der Waals surface area (Å²) in [5, 5.41) is 23.1. The van der Waals surface area contributed by atoms with E-state index in [0.29, 0.717) is 6.42 Å². The van der Waals surface area contributed by atoms with Gasteiger partial charge >= 0.3 is 0 Å². The number of amides is 1. The van der Waals surface area contributed by atoms with Crippen molar-refractivity contribution in [3.63, 3.8) is 0 Å². The molecule has 0 saturated carbocycles. The Hall–Kier alpha value is -1.65. The lowest BCUT2D eigenvalue weighted by molar-refractivity contribution is -0.123. The highest BCUT2D eigenvalue weighted by Crippen LogP contribution is 2.16. The number of carbonyl (C=O) groups excluding carboxylic acids is 1. The van der Waals surface area contributed by atoms with E-state index in [-0.39, 0.29) is 12.5 Å². The summed E-state index contributed by atoms with van der Waals surface area (Å²) >= 11 is 0. The van der Waals surface area contributed by atoms with Gasteiger partial charge in [-0.1, -0.05) is 262 Å². The van der Waals surface area contributed by atoms with Gasteiger partial charge in [0.1, 0.15) is 0 Å². The van der Waals surface area contributed by atoms with Crippen LogP contribution >= 0.6 is 0 Å². The molecule has 0 aromatic carbocycles. The van der Waals surface area contributed by atoms with E-state index in [9.17, 15) is 15.0 Å². The SMILES string of the molecule is CCCCCCCCCCC/C=C\C/C=C\CCCCCCCCCCCCCC(=O)NC(CO)C(O)/C=C/CC/C=C/CCCCCCCCCCCCCCCCC. The van der Waals surface area contributed by atoms with Crippen molar-refractivity contribution in [1.82, 2.24) is 5.32 Å². The molecule has 0 aliphatic carbocycles. The molecule has 0 aliphatic heterocycles. The Labute approximate surface area is 375 Å². The van der Waals surface area contributed by atoms with Crippen LogP contribution in [0.5, 0.6) is 0 Å². The van der Waals surface area contributed by atoms with Gasteiger partial charge in [-0.3, -0.25) is 4.79 Å². The molecule has 1 amide bonds. The average molecular weight is 840 g/mol. The second-order valence-corrected chi connectivity index (χ2v) is 18.3. The van der Waals surface area contributed by atoms with Gasteiger partial charge in [-0.05, 0) is 64.2 Å². The van der Waals surface area contributed by atoms with Gasteiger partial charge in [-0.2, -0.15) is 0 Å². The molecule has 0 aliphatic rings. The third kappa shape index (κ3) is 47.4. The third-order valence-corrected chi connectivity index (χ3v) is 12.3. The van der Waals surface area contributed by atoms with Gasteiger partial charge in [0, 0.05) is 6.42 Å². The number of aliphatic hydroxyl groups is 2. The minimum Gasteiger partial charge on any atom is -0.394 e. The number of aliphatic hydroxyl groups excluding tert-OH is 2. The maximum Gasteiger partial charge on any atom is 0.220 e. The summed E-state index contributed by atoms with van der Waals surface area (Å²) in [5.41, 5.74) is 0. The van der Waals surface area contributed by atoms with Crippen LogP contribution in [0.1, 0.15) is 284 Å². The van der Waals surface area contributed by atoms with Gasteiger partial charge in [-0.25, -0.2) is 0 Å². The molecule has 0 aromatic heterocycles. The van der Waals surface area contributed by atoms with Crippen molar-refractivity contribution in [1.29, 1.82) is 0 Å². The molecule has 4 nitrogen and oxygen atoms in total. The summed E-state index contributed by atoms with van der Waals surface area (Å²) in [7, 11) is 0. The summed E-state index contributed by atoms with van der Waals surface area (Å²) in [5.74, 6) is -0.0739. The maximum absolute atomic E-state index is 12.5. The predicted molar refractivity (Wildman–Crippen MR) is 267 cm³/mol. The Kier molecular flexibility index (Phi) is 50.3. The van der Waals surface area contributed by atoms with Crippen molar-refractivity contribution in [2.45, 2.75) is 296 Å². The van der Waals surface area contributed by atoms with E-state index in [0.717, 1.165) is 38.5 Å². The molecule has 60 heavy (non-hydrogen) atoms. The van der Waals surface area contributed by atoms with Gasteiger partial charge in [-0.15, -0.1) is 0 Å². The summed E-state index contributed by atoms with van der Waals surface area (Å²) in [6, 6.07) is -0.641. The molecule has 0 aromatic rings. The fraction of sp³-hybridized carbons (Fsp3) is 0.839. The van der Waals surface area contributed by atoms with E-state index < -0.39 is 12.1 Å². The topological polar surface area (TPSA) is 69.6 Å². The molecule has 4 heteroatoms. The fourth-order valence-electron chi connectivity index (χ4n) is 8.17. The van der Waals surface area contributed by atoms with Gasteiger partial charge in [0.2, 0.25) is 5.91 Å². The highest BCUT2D eigenvalue weighted by molar-refractivity contribution is 5.76. The van der Waals surface area contributed by atoms with Crippen molar-refractivity contribution < 1.29 is 15.0 Å². The van der Waals surface area contributed by atoms with Crippen molar-refractivity contribution in [2.24, 2.45) is 0 Å². The van der Waals surface area contributed by atoms with Crippen LogP contribution in [-0.4, -0.2) is 34.9 Å². The quantitative estimate of drug-likeness (QED) is 0.0422. The molecule has 3 N–H and O–H groups in total. The molecule has 0 rings (SSSR count). The molecular formula is C56H105NO3. The number of nitrogens with one attached hydrogen (secondary N) is 1.